The predicted molar refractivity (Wildman–Crippen MR) is 77.2 cm³/mol. The van der Waals surface area contributed by atoms with E-state index >= 15 is 0 Å². The largest absolute Gasteiger partial charge is 0.477 e. The fourth-order valence-corrected chi connectivity index (χ4v) is 2.38. The minimum Gasteiger partial charge on any atom is -0.477 e. The molecule has 1 atom stereocenters. The second-order valence-corrected chi connectivity index (χ2v) is 4.76. The van der Waals surface area contributed by atoms with Crippen molar-refractivity contribution in [3.8, 4) is 0 Å². The molecule has 1 aromatic carbocycles. The number of ether oxygens (including phenoxy) is 2. The normalized spacial score (nSPS) is 18.6. The minimum absolute atomic E-state index is 0.173. The molecular weight excluding hydrogens is 272 g/mol. The highest BCUT2D eigenvalue weighted by atomic mass is 16.6. The number of likely N-dealkylation sites (tertiary alicyclic amines) is 1. The van der Waals surface area contributed by atoms with E-state index in [9.17, 15) is 4.79 Å². The summed E-state index contributed by atoms with van der Waals surface area (Å²) in [5, 5.41) is 12.2. The summed E-state index contributed by atoms with van der Waals surface area (Å²) < 4.78 is 10.6. The summed E-state index contributed by atoms with van der Waals surface area (Å²) in [6.07, 6.45) is 1.12. The minimum atomic E-state index is -0.415. The van der Waals surface area contributed by atoms with E-state index in [0.717, 1.165) is 12.0 Å². The number of carbonyl (C=O) groups excluding carboxylic acids is 1. The number of oxime groups is 1. The maximum absolute atomic E-state index is 12.2. The van der Waals surface area contributed by atoms with Gasteiger partial charge < -0.3 is 14.7 Å². The summed E-state index contributed by atoms with van der Waals surface area (Å²) in [6.45, 7) is 2.99. The fourth-order valence-electron chi connectivity index (χ4n) is 2.38. The molecule has 6 heteroatoms. The molecule has 2 rings (SSSR count). The zero-order valence-corrected chi connectivity index (χ0v) is 12.1. The summed E-state index contributed by atoms with van der Waals surface area (Å²) in [5.41, 5.74) is 0.933. The molecule has 1 aliphatic heterocycles. The highest BCUT2D eigenvalue weighted by Crippen LogP contribution is 2.20. The molecule has 1 unspecified atom stereocenters. The van der Waals surface area contributed by atoms with Crippen LogP contribution in [0.2, 0.25) is 0 Å². The van der Waals surface area contributed by atoms with Crippen molar-refractivity contribution in [1.29, 1.82) is 0 Å². The van der Waals surface area contributed by atoms with Gasteiger partial charge in [-0.3, -0.25) is 4.90 Å². The van der Waals surface area contributed by atoms with E-state index < -0.39 is 6.09 Å². The number of nitrogens with zero attached hydrogens (tertiary/aromatic N) is 2. The van der Waals surface area contributed by atoms with E-state index in [4.69, 9.17) is 14.7 Å². The average Bonchev–Trinajstić information content (AvgIpc) is 3.00. The predicted octanol–water partition coefficient (Wildman–Crippen LogP) is 2.61. The zero-order chi connectivity index (χ0) is 15.1. The quantitative estimate of drug-likeness (QED) is 0.401. The van der Waals surface area contributed by atoms with Crippen LogP contribution < -0.4 is 0 Å². The molecule has 1 heterocycles. The van der Waals surface area contributed by atoms with Gasteiger partial charge in [-0.25, -0.2) is 4.79 Å². The van der Waals surface area contributed by atoms with Crippen LogP contribution in [-0.2, 0) is 16.1 Å². The highest BCUT2D eigenvalue weighted by molar-refractivity contribution is 5.85. The van der Waals surface area contributed by atoms with Crippen LogP contribution in [0.25, 0.3) is 0 Å². The van der Waals surface area contributed by atoms with E-state index in [2.05, 4.69) is 5.16 Å². The van der Waals surface area contributed by atoms with E-state index in [1.165, 1.54) is 0 Å². The summed E-state index contributed by atoms with van der Waals surface area (Å²) in [5.74, 6) is 0.173. The Balaban J connectivity index is 1.94. The Hall–Kier alpha value is -2.24. The molecule has 1 N–H and O–H groups in total. The van der Waals surface area contributed by atoms with E-state index in [0.29, 0.717) is 19.6 Å². The lowest BCUT2D eigenvalue weighted by atomic mass is 10.2. The average molecular weight is 292 g/mol. The first-order valence-corrected chi connectivity index (χ1v) is 7.08. The molecule has 1 saturated heterocycles. The third kappa shape index (κ3) is 3.87. The van der Waals surface area contributed by atoms with Crippen molar-refractivity contribution >= 4 is 12.0 Å². The molecule has 0 aromatic heterocycles. The van der Waals surface area contributed by atoms with Gasteiger partial charge in [0.05, 0.1) is 6.61 Å². The summed E-state index contributed by atoms with van der Waals surface area (Å²) in [7, 11) is 0. The van der Waals surface area contributed by atoms with Gasteiger partial charge in [0.25, 0.3) is 0 Å². The maximum Gasteiger partial charge on any atom is 0.410 e. The van der Waals surface area contributed by atoms with Gasteiger partial charge in [0.15, 0.2) is 0 Å². The molecule has 1 aliphatic rings. The Labute approximate surface area is 124 Å². The maximum atomic E-state index is 12.2. The molecule has 114 valence electrons. The molecular formula is C15H20N2O4. The molecule has 0 aliphatic carbocycles. The number of hydrogen-bond acceptors (Lipinski definition) is 5. The lowest BCUT2D eigenvalue weighted by molar-refractivity contribution is 0.0951. The van der Waals surface area contributed by atoms with E-state index in [1.54, 1.807) is 11.8 Å². The third-order valence-electron chi connectivity index (χ3n) is 3.37. The number of hydrogen-bond donors (Lipinski definition) is 1. The first-order chi connectivity index (χ1) is 10.3. The Bertz CT molecular complexity index is 490. The second-order valence-electron chi connectivity index (χ2n) is 4.76. The Morgan fingerprint density at radius 2 is 2.14 bits per heavy atom. The van der Waals surface area contributed by atoms with Crippen molar-refractivity contribution in [1.82, 2.24) is 4.90 Å². The Morgan fingerprint density at radius 3 is 2.81 bits per heavy atom. The van der Waals surface area contributed by atoms with Crippen LogP contribution in [0, 0.1) is 0 Å². The zero-order valence-electron chi connectivity index (χ0n) is 12.1. The van der Waals surface area contributed by atoms with Crippen molar-refractivity contribution in [3.63, 3.8) is 0 Å². The molecule has 1 fully saturated rings. The Kier molecular flexibility index (Phi) is 5.43. The van der Waals surface area contributed by atoms with Crippen molar-refractivity contribution in [3.05, 3.63) is 35.9 Å². The topological polar surface area (TPSA) is 71.4 Å². The summed E-state index contributed by atoms with van der Waals surface area (Å²) in [4.78, 5) is 13.7. The van der Waals surface area contributed by atoms with Gasteiger partial charge in [-0.1, -0.05) is 35.5 Å². The molecule has 0 bridgehead atoms. The van der Waals surface area contributed by atoms with Gasteiger partial charge in [-0.15, -0.1) is 0 Å². The van der Waals surface area contributed by atoms with Crippen LogP contribution in [0.5, 0.6) is 0 Å². The molecule has 1 aromatic rings. The van der Waals surface area contributed by atoms with Crippen molar-refractivity contribution in [2.24, 2.45) is 5.16 Å². The summed E-state index contributed by atoms with van der Waals surface area (Å²) in [6, 6.07) is 9.15. The number of carbonyl (C=O) groups is 1. The third-order valence-corrected chi connectivity index (χ3v) is 3.37. The second kappa shape index (κ2) is 7.52. The highest BCUT2D eigenvalue weighted by Gasteiger charge is 2.35. The molecule has 1 amide bonds. The van der Waals surface area contributed by atoms with Gasteiger partial charge in [-0.2, -0.15) is 0 Å². The fraction of sp³-hybridized carbons (Fsp3) is 0.467. The standard InChI is InChI=1S/C15H20N2O4/c1-2-20-14(16-19)13-9-6-10-17(13)15(18)21-11-12-7-4-3-5-8-12/h3-5,7-8,13,19H,2,6,9-11H2,1H3/b16-14+. The molecule has 21 heavy (non-hydrogen) atoms. The molecule has 0 radical (unpaired) electrons. The first-order valence-electron chi connectivity index (χ1n) is 7.08. The number of benzene rings is 1. The number of rotatable bonds is 4. The van der Waals surface area contributed by atoms with Crippen molar-refractivity contribution < 1.29 is 19.5 Å². The van der Waals surface area contributed by atoms with Gasteiger partial charge in [-0.05, 0) is 25.3 Å². The van der Waals surface area contributed by atoms with Crippen molar-refractivity contribution in [2.45, 2.75) is 32.4 Å². The van der Waals surface area contributed by atoms with Gasteiger partial charge in [0.1, 0.15) is 12.6 Å². The Morgan fingerprint density at radius 1 is 1.38 bits per heavy atom. The van der Waals surface area contributed by atoms with Crippen LogP contribution in [0.1, 0.15) is 25.3 Å². The molecule has 0 saturated carbocycles. The molecule has 0 spiro atoms. The van der Waals surface area contributed by atoms with Crippen LogP contribution >= 0.6 is 0 Å². The lowest BCUT2D eigenvalue weighted by Gasteiger charge is -2.24. The SMILES string of the molecule is CCO/C(=N/O)C1CCCN1C(=O)OCc1ccccc1. The number of amides is 1. The van der Waals surface area contributed by atoms with Gasteiger partial charge in [0, 0.05) is 6.54 Å². The lowest BCUT2D eigenvalue weighted by Crippen LogP contribution is -2.41. The van der Waals surface area contributed by atoms with Crippen LogP contribution in [0.4, 0.5) is 4.79 Å². The van der Waals surface area contributed by atoms with Crippen LogP contribution in [-0.4, -0.2) is 41.3 Å². The van der Waals surface area contributed by atoms with E-state index in [-0.39, 0.29) is 18.5 Å². The van der Waals surface area contributed by atoms with E-state index in [1.807, 2.05) is 30.3 Å². The van der Waals surface area contributed by atoms with Gasteiger partial charge in [0.2, 0.25) is 5.90 Å². The van der Waals surface area contributed by atoms with Crippen molar-refractivity contribution in [2.75, 3.05) is 13.2 Å². The summed E-state index contributed by atoms with van der Waals surface area (Å²) >= 11 is 0. The van der Waals surface area contributed by atoms with Crippen LogP contribution in [0.3, 0.4) is 0 Å². The monoisotopic (exact) mass is 292 g/mol. The smallest absolute Gasteiger partial charge is 0.410 e. The molecule has 6 nitrogen and oxygen atoms in total. The van der Waals surface area contributed by atoms with Crippen LogP contribution in [0.15, 0.2) is 35.5 Å². The van der Waals surface area contributed by atoms with Gasteiger partial charge >= 0.3 is 6.09 Å². The first kappa shape index (κ1) is 15.2.